The van der Waals surface area contributed by atoms with Gasteiger partial charge in [0.05, 0.1) is 24.6 Å². The molecule has 4 rings (SSSR count). The van der Waals surface area contributed by atoms with E-state index < -0.39 is 5.60 Å². The normalized spacial score (nSPS) is 23.0. The van der Waals surface area contributed by atoms with Gasteiger partial charge in [-0.1, -0.05) is 42.5 Å². The molecule has 27 heavy (non-hydrogen) atoms. The maximum absolute atomic E-state index is 13.1. The summed E-state index contributed by atoms with van der Waals surface area (Å²) in [4.78, 5) is 27.4. The van der Waals surface area contributed by atoms with E-state index in [0.717, 1.165) is 24.9 Å². The highest BCUT2D eigenvalue weighted by Gasteiger charge is 2.42. The Morgan fingerprint density at radius 2 is 1.89 bits per heavy atom. The topological polar surface area (TPSA) is 58.6 Å². The number of hydrogen-bond acceptors (Lipinski definition) is 3. The molecule has 0 saturated carbocycles. The van der Waals surface area contributed by atoms with Gasteiger partial charge < -0.3 is 15.0 Å². The molecule has 2 aliphatic heterocycles. The number of piperidine rings is 1. The predicted octanol–water partition coefficient (Wildman–Crippen LogP) is 2.97. The molecule has 1 N–H and O–H groups in total. The number of rotatable bonds is 2. The lowest BCUT2D eigenvalue weighted by atomic mass is 9.90. The van der Waals surface area contributed by atoms with Crippen LogP contribution in [-0.2, 0) is 4.79 Å². The van der Waals surface area contributed by atoms with Crippen molar-refractivity contribution in [2.75, 3.05) is 19.6 Å². The van der Waals surface area contributed by atoms with E-state index in [9.17, 15) is 9.59 Å². The van der Waals surface area contributed by atoms with Gasteiger partial charge in [-0.2, -0.15) is 0 Å². The predicted molar refractivity (Wildman–Crippen MR) is 103 cm³/mol. The summed E-state index contributed by atoms with van der Waals surface area (Å²) in [6.07, 6.45) is 1.66. The number of nitrogens with zero attached hydrogens (tertiary/aromatic N) is 1. The zero-order valence-electron chi connectivity index (χ0n) is 15.5. The minimum Gasteiger partial charge on any atom is -0.483 e. The van der Waals surface area contributed by atoms with E-state index in [-0.39, 0.29) is 17.7 Å². The van der Waals surface area contributed by atoms with Crippen LogP contribution in [0.25, 0.3) is 0 Å². The second-order valence-corrected chi connectivity index (χ2v) is 7.46. The fourth-order valence-corrected chi connectivity index (χ4v) is 4.02. The molecule has 1 saturated heterocycles. The summed E-state index contributed by atoms with van der Waals surface area (Å²) in [5, 5.41) is 2.98. The molecular weight excluding hydrogens is 340 g/mol. The van der Waals surface area contributed by atoms with Gasteiger partial charge in [0, 0.05) is 6.54 Å². The zero-order chi connectivity index (χ0) is 18.9. The van der Waals surface area contributed by atoms with Crippen molar-refractivity contribution in [3.05, 3.63) is 65.7 Å². The van der Waals surface area contributed by atoms with Gasteiger partial charge in [0.15, 0.2) is 0 Å². The monoisotopic (exact) mass is 364 g/mol. The standard InChI is InChI=1S/C22H24N2O3/c1-16(17-8-3-2-4-9-17)21(26)24-13-7-12-22(15-24)14-23-20(25)18-10-5-6-11-19(18)27-22/h2-6,8-11,16H,7,12-15H2,1H3,(H,23,25)/t16-,22+/m1/s1. The lowest BCUT2D eigenvalue weighted by molar-refractivity contribution is -0.138. The lowest BCUT2D eigenvalue weighted by Crippen LogP contribution is -2.58. The second kappa shape index (κ2) is 7.06. The fraction of sp³-hybridized carbons (Fsp3) is 0.364. The quantitative estimate of drug-likeness (QED) is 0.891. The first-order valence-corrected chi connectivity index (χ1v) is 9.48. The van der Waals surface area contributed by atoms with Crippen LogP contribution in [0.2, 0.25) is 0 Å². The molecule has 2 atom stereocenters. The summed E-state index contributed by atoms with van der Waals surface area (Å²) >= 11 is 0. The molecule has 1 spiro atoms. The molecule has 2 aliphatic rings. The Morgan fingerprint density at radius 3 is 2.70 bits per heavy atom. The van der Waals surface area contributed by atoms with Crippen LogP contribution in [0.3, 0.4) is 0 Å². The van der Waals surface area contributed by atoms with Crippen LogP contribution in [0.5, 0.6) is 5.75 Å². The molecule has 0 aliphatic carbocycles. The van der Waals surface area contributed by atoms with E-state index >= 15 is 0 Å². The van der Waals surface area contributed by atoms with E-state index in [1.807, 2.05) is 60.4 Å². The lowest BCUT2D eigenvalue weighted by Gasteiger charge is -2.42. The van der Waals surface area contributed by atoms with Crippen LogP contribution in [0.4, 0.5) is 0 Å². The number of hydrogen-bond donors (Lipinski definition) is 1. The van der Waals surface area contributed by atoms with E-state index in [2.05, 4.69) is 5.32 Å². The Bertz CT molecular complexity index is 852. The largest absolute Gasteiger partial charge is 0.483 e. The third kappa shape index (κ3) is 3.42. The third-order valence-corrected chi connectivity index (χ3v) is 5.55. The van der Waals surface area contributed by atoms with Gasteiger partial charge >= 0.3 is 0 Å². The first kappa shape index (κ1) is 17.6. The van der Waals surface area contributed by atoms with Crippen molar-refractivity contribution in [2.24, 2.45) is 0 Å². The average Bonchev–Trinajstić information content (AvgIpc) is 2.84. The number of para-hydroxylation sites is 1. The van der Waals surface area contributed by atoms with Gasteiger partial charge in [-0.05, 0) is 37.5 Å². The first-order chi connectivity index (χ1) is 13.1. The number of ether oxygens (including phenoxy) is 1. The van der Waals surface area contributed by atoms with Crippen molar-refractivity contribution in [1.29, 1.82) is 0 Å². The molecule has 140 valence electrons. The molecule has 2 aromatic rings. The summed E-state index contributed by atoms with van der Waals surface area (Å²) in [6, 6.07) is 17.1. The molecule has 0 bridgehead atoms. The highest BCUT2D eigenvalue weighted by molar-refractivity contribution is 5.97. The van der Waals surface area contributed by atoms with Crippen LogP contribution in [-0.4, -0.2) is 41.9 Å². The van der Waals surface area contributed by atoms with Gasteiger partial charge in [-0.15, -0.1) is 0 Å². The Morgan fingerprint density at radius 1 is 1.15 bits per heavy atom. The summed E-state index contributed by atoms with van der Waals surface area (Å²) in [6.45, 7) is 3.56. The first-order valence-electron chi connectivity index (χ1n) is 9.48. The molecule has 5 nitrogen and oxygen atoms in total. The van der Waals surface area contributed by atoms with Crippen molar-refractivity contribution >= 4 is 11.8 Å². The highest BCUT2D eigenvalue weighted by atomic mass is 16.5. The summed E-state index contributed by atoms with van der Waals surface area (Å²) in [7, 11) is 0. The SMILES string of the molecule is C[C@@H](C(=O)N1CCC[C@]2(CNC(=O)c3ccccc3O2)C1)c1ccccc1. The Hall–Kier alpha value is -2.82. The average molecular weight is 364 g/mol. The third-order valence-electron chi connectivity index (χ3n) is 5.55. The number of amides is 2. The van der Waals surface area contributed by atoms with E-state index in [1.165, 1.54) is 0 Å². The van der Waals surface area contributed by atoms with Gasteiger partial charge in [0.1, 0.15) is 11.4 Å². The molecule has 0 radical (unpaired) electrons. The molecular formula is C22H24N2O3. The Balaban J connectivity index is 1.56. The number of likely N-dealkylation sites (tertiary alicyclic amines) is 1. The van der Waals surface area contributed by atoms with Crippen molar-refractivity contribution < 1.29 is 14.3 Å². The van der Waals surface area contributed by atoms with Crippen molar-refractivity contribution in [3.8, 4) is 5.75 Å². The number of carbonyl (C=O) groups excluding carboxylic acids is 2. The minimum absolute atomic E-state index is 0.104. The van der Waals surface area contributed by atoms with Crippen LogP contribution >= 0.6 is 0 Å². The molecule has 0 aromatic heterocycles. The maximum atomic E-state index is 13.1. The Labute approximate surface area is 159 Å². The van der Waals surface area contributed by atoms with Gasteiger partial charge in [0.25, 0.3) is 5.91 Å². The second-order valence-electron chi connectivity index (χ2n) is 7.46. The van der Waals surface area contributed by atoms with E-state index in [4.69, 9.17) is 4.74 Å². The fourth-order valence-electron chi connectivity index (χ4n) is 4.02. The zero-order valence-corrected chi connectivity index (χ0v) is 15.5. The van der Waals surface area contributed by atoms with Gasteiger partial charge in [-0.25, -0.2) is 0 Å². The van der Waals surface area contributed by atoms with Crippen LogP contribution in [0, 0.1) is 0 Å². The van der Waals surface area contributed by atoms with Crippen LogP contribution in [0.1, 0.15) is 41.6 Å². The number of carbonyl (C=O) groups is 2. The van der Waals surface area contributed by atoms with Gasteiger partial charge in [-0.3, -0.25) is 9.59 Å². The minimum atomic E-state index is -0.577. The maximum Gasteiger partial charge on any atom is 0.255 e. The molecule has 5 heteroatoms. The van der Waals surface area contributed by atoms with Crippen LogP contribution < -0.4 is 10.1 Å². The molecule has 2 aromatic carbocycles. The summed E-state index contributed by atoms with van der Waals surface area (Å²) in [5.41, 5.74) is 0.991. The number of fused-ring (bicyclic) bond motifs is 1. The molecule has 2 amide bonds. The number of benzene rings is 2. The number of nitrogens with one attached hydrogen (secondary N) is 1. The summed E-state index contributed by atoms with van der Waals surface area (Å²) in [5.74, 6) is 0.378. The Kier molecular flexibility index (Phi) is 4.60. The molecule has 1 fully saturated rings. The highest BCUT2D eigenvalue weighted by Crippen LogP contribution is 2.33. The van der Waals surface area contributed by atoms with Crippen molar-refractivity contribution in [1.82, 2.24) is 10.2 Å². The smallest absolute Gasteiger partial charge is 0.255 e. The van der Waals surface area contributed by atoms with Gasteiger partial charge in [0.2, 0.25) is 5.91 Å². The van der Waals surface area contributed by atoms with Crippen molar-refractivity contribution in [2.45, 2.75) is 31.3 Å². The van der Waals surface area contributed by atoms with E-state index in [0.29, 0.717) is 24.4 Å². The molecule has 2 heterocycles. The van der Waals surface area contributed by atoms with Crippen molar-refractivity contribution in [3.63, 3.8) is 0 Å². The van der Waals surface area contributed by atoms with Crippen LogP contribution in [0.15, 0.2) is 54.6 Å². The molecule has 0 unspecified atom stereocenters. The summed E-state index contributed by atoms with van der Waals surface area (Å²) < 4.78 is 6.34. The van der Waals surface area contributed by atoms with E-state index in [1.54, 1.807) is 6.07 Å².